The first-order valence-electron chi connectivity index (χ1n) is 8.66. The monoisotopic (exact) mass is 295 g/mol. The van der Waals surface area contributed by atoms with E-state index in [2.05, 4.69) is 60.7 Å². The highest BCUT2D eigenvalue weighted by Crippen LogP contribution is 2.21. The Kier molecular flexibility index (Phi) is 7.76. The third-order valence-electron chi connectivity index (χ3n) is 4.30. The van der Waals surface area contributed by atoms with Gasteiger partial charge in [0.15, 0.2) is 0 Å². The molecule has 0 spiro atoms. The molecule has 22 heavy (non-hydrogen) atoms. The van der Waals surface area contributed by atoms with Crippen LogP contribution in [0.2, 0.25) is 0 Å². The summed E-state index contributed by atoms with van der Waals surface area (Å²) in [7, 11) is 0. The van der Waals surface area contributed by atoms with Crippen molar-refractivity contribution in [2.24, 2.45) is 11.7 Å². The van der Waals surface area contributed by atoms with Crippen LogP contribution in [0.4, 0.5) is 0 Å². The number of hydrogen-bond acceptors (Lipinski definition) is 1. The molecule has 1 heteroatoms. The van der Waals surface area contributed by atoms with E-state index < -0.39 is 0 Å². The van der Waals surface area contributed by atoms with Gasteiger partial charge in [-0.25, -0.2) is 0 Å². The Bertz CT molecular complexity index is 450. The van der Waals surface area contributed by atoms with Gasteiger partial charge in [-0.2, -0.15) is 0 Å². The molecule has 2 aromatic carbocycles. The largest absolute Gasteiger partial charge is 0.330 e. The minimum absolute atomic E-state index is 0.739. The molecule has 2 rings (SSSR count). The van der Waals surface area contributed by atoms with E-state index in [0.717, 1.165) is 12.5 Å². The summed E-state index contributed by atoms with van der Waals surface area (Å²) in [5, 5.41) is 0. The van der Waals surface area contributed by atoms with Crippen molar-refractivity contribution in [1.82, 2.24) is 0 Å². The highest BCUT2D eigenvalue weighted by molar-refractivity contribution is 5.18. The van der Waals surface area contributed by atoms with E-state index in [1.807, 2.05) is 0 Å². The van der Waals surface area contributed by atoms with Crippen molar-refractivity contribution in [1.29, 1.82) is 0 Å². The van der Waals surface area contributed by atoms with Crippen molar-refractivity contribution >= 4 is 0 Å². The van der Waals surface area contributed by atoms with Gasteiger partial charge in [-0.1, -0.05) is 79.9 Å². The van der Waals surface area contributed by atoms with E-state index in [0.29, 0.717) is 0 Å². The second kappa shape index (κ2) is 10.2. The highest BCUT2D eigenvalue weighted by Gasteiger charge is 2.10. The molecule has 0 aromatic heterocycles. The quantitative estimate of drug-likeness (QED) is 0.613. The molecule has 0 atom stereocenters. The second-order valence-corrected chi connectivity index (χ2v) is 6.24. The average Bonchev–Trinajstić information content (AvgIpc) is 2.56. The van der Waals surface area contributed by atoms with Gasteiger partial charge in [-0.3, -0.25) is 0 Å². The number of benzene rings is 2. The van der Waals surface area contributed by atoms with Gasteiger partial charge in [0.2, 0.25) is 0 Å². The van der Waals surface area contributed by atoms with E-state index >= 15 is 0 Å². The van der Waals surface area contributed by atoms with Gasteiger partial charge in [0.05, 0.1) is 0 Å². The molecule has 2 aromatic rings. The van der Waals surface area contributed by atoms with Crippen molar-refractivity contribution in [3.05, 3.63) is 71.8 Å². The van der Waals surface area contributed by atoms with Crippen LogP contribution < -0.4 is 5.73 Å². The van der Waals surface area contributed by atoms with E-state index in [4.69, 9.17) is 5.73 Å². The van der Waals surface area contributed by atoms with Gasteiger partial charge >= 0.3 is 0 Å². The van der Waals surface area contributed by atoms with Crippen molar-refractivity contribution in [3.8, 4) is 0 Å². The van der Waals surface area contributed by atoms with Crippen LogP contribution in [0.3, 0.4) is 0 Å². The Morgan fingerprint density at radius 3 is 1.64 bits per heavy atom. The van der Waals surface area contributed by atoms with Crippen LogP contribution in [0, 0.1) is 5.92 Å². The zero-order valence-electron chi connectivity index (χ0n) is 13.6. The summed E-state index contributed by atoms with van der Waals surface area (Å²) in [5.41, 5.74) is 8.50. The molecule has 0 aliphatic rings. The summed E-state index contributed by atoms with van der Waals surface area (Å²) in [4.78, 5) is 0. The summed E-state index contributed by atoms with van der Waals surface area (Å²) in [6, 6.07) is 21.8. The van der Waals surface area contributed by atoms with Crippen LogP contribution in [-0.2, 0) is 12.8 Å². The Morgan fingerprint density at radius 1 is 0.636 bits per heavy atom. The van der Waals surface area contributed by atoms with Gasteiger partial charge in [-0.05, 0) is 49.3 Å². The lowest BCUT2D eigenvalue weighted by molar-refractivity contribution is 0.448. The van der Waals surface area contributed by atoms with Crippen LogP contribution >= 0.6 is 0 Å². The molecular weight excluding hydrogens is 266 g/mol. The summed E-state index contributed by atoms with van der Waals surface area (Å²) < 4.78 is 0. The van der Waals surface area contributed by atoms with E-state index in [1.165, 1.54) is 56.1 Å². The first-order chi connectivity index (χ1) is 10.9. The molecule has 0 saturated heterocycles. The number of unbranched alkanes of at least 4 members (excludes halogenated alkanes) is 3. The van der Waals surface area contributed by atoms with E-state index in [-0.39, 0.29) is 0 Å². The lowest BCUT2D eigenvalue weighted by Crippen LogP contribution is -2.09. The first-order valence-corrected chi connectivity index (χ1v) is 8.66. The first kappa shape index (κ1) is 16.8. The Labute approximate surface area is 135 Å². The maximum atomic E-state index is 5.57. The zero-order chi connectivity index (χ0) is 15.5. The molecule has 0 aliphatic carbocycles. The van der Waals surface area contributed by atoms with Crippen molar-refractivity contribution in [2.45, 2.75) is 44.9 Å². The summed E-state index contributed by atoms with van der Waals surface area (Å²) in [5.74, 6) is 0.739. The maximum absolute atomic E-state index is 5.57. The average molecular weight is 295 g/mol. The third-order valence-corrected chi connectivity index (χ3v) is 4.30. The van der Waals surface area contributed by atoms with Gasteiger partial charge in [-0.15, -0.1) is 0 Å². The normalized spacial score (nSPS) is 11.0. The van der Waals surface area contributed by atoms with Crippen molar-refractivity contribution in [3.63, 3.8) is 0 Å². The predicted octanol–water partition coefficient (Wildman–Crippen LogP) is 5.00. The molecule has 0 unspecified atom stereocenters. The topological polar surface area (TPSA) is 26.0 Å². The fraction of sp³-hybridized carbons (Fsp3) is 0.429. The molecular formula is C21H29N. The fourth-order valence-corrected chi connectivity index (χ4v) is 3.10. The Hall–Kier alpha value is -1.60. The summed E-state index contributed by atoms with van der Waals surface area (Å²) in [6.45, 7) is 0.831. The minimum atomic E-state index is 0.739. The number of rotatable bonds is 10. The molecule has 0 aliphatic heterocycles. The SMILES string of the molecule is NCCCCCCC(Cc1ccccc1)Cc1ccccc1. The molecule has 1 nitrogen and oxygen atoms in total. The molecule has 118 valence electrons. The number of hydrogen-bond donors (Lipinski definition) is 1. The van der Waals surface area contributed by atoms with Crippen LogP contribution in [0.25, 0.3) is 0 Å². The number of nitrogens with two attached hydrogens (primary N) is 1. The Balaban J connectivity index is 1.88. The van der Waals surface area contributed by atoms with Gasteiger partial charge < -0.3 is 5.73 Å². The standard InChI is InChI=1S/C21H29N/c22-16-10-2-1-5-15-21(17-19-11-6-3-7-12-19)18-20-13-8-4-9-14-20/h3-4,6-9,11-14,21H,1-2,5,10,15-18,22H2. The van der Waals surface area contributed by atoms with Gasteiger partial charge in [0.25, 0.3) is 0 Å². The zero-order valence-corrected chi connectivity index (χ0v) is 13.6. The Morgan fingerprint density at radius 2 is 1.14 bits per heavy atom. The van der Waals surface area contributed by atoms with E-state index in [1.54, 1.807) is 0 Å². The van der Waals surface area contributed by atoms with Crippen molar-refractivity contribution in [2.75, 3.05) is 6.54 Å². The van der Waals surface area contributed by atoms with Crippen LogP contribution in [0.5, 0.6) is 0 Å². The molecule has 0 heterocycles. The van der Waals surface area contributed by atoms with Crippen LogP contribution in [0.1, 0.15) is 43.2 Å². The third kappa shape index (κ3) is 6.44. The van der Waals surface area contributed by atoms with Gasteiger partial charge in [0, 0.05) is 0 Å². The van der Waals surface area contributed by atoms with E-state index in [9.17, 15) is 0 Å². The second-order valence-electron chi connectivity index (χ2n) is 6.24. The van der Waals surface area contributed by atoms with Gasteiger partial charge in [0.1, 0.15) is 0 Å². The van der Waals surface area contributed by atoms with Crippen LogP contribution in [-0.4, -0.2) is 6.54 Å². The predicted molar refractivity (Wildman–Crippen MR) is 95.9 cm³/mol. The van der Waals surface area contributed by atoms with Crippen LogP contribution in [0.15, 0.2) is 60.7 Å². The molecule has 0 saturated carbocycles. The summed E-state index contributed by atoms with van der Waals surface area (Å²) in [6.07, 6.45) is 8.77. The summed E-state index contributed by atoms with van der Waals surface area (Å²) >= 11 is 0. The molecule has 0 radical (unpaired) electrons. The fourth-order valence-electron chi connectivity index (χ4n) is 3.10. The lowest BCUT2D eigenvalue weighted by Gasteiger charge is -2.17. The maximum Gasteiger partial charge on any atom is -0.00773 e. The molecule has 0 bridgehead atoms. The smallest absolute Gasteiger partial charge is 0.00773 e. The molecule has 0 fully saturated rings. The minimum Gasteiger partial charge on any atom is -0.330 e. The molecule has 0 amide bonds. The van der Waals surface area contributed by atoms with Crippen molar-refractivity contribution < 1.29 is 0 Å². The lowest BCUT2D eigenvalue weighted by atomic mass is 9.88. The highest BCUT2D eigenvalue weighted by atomic mass is 14.5. The molecule has 2 N–H and O–H groups in total.